The highest BCUT2D eigenvalue weighted by atomic mass is 32.2. The number of benzene rings is 1. The van der Waals surface area contributed by atoms with Crippen LogP contribution in [0.25, 0.3) is 0 Å². The number of thioether (sulfide) groups is 1. The third-order valence-corrected chi connectivity index (χ3v) is 4.37. The predicted molar refractivity (Wildman–Crippen MR) is 108 cm³/mol. The molecular weight excluding hydrogens is 385 g/mol. The van der Waals surface area contributed by atoms with Crippen LogP contribution < -0.4 is 15.5 Å². The lowest BCUT2D eigenvalue weighted by atomic mass is 9.77. The number of amides is 1. The lowest BCUT2D eigenvalue weighted by molar-refractivity contribution is -0.135. The summed E-state index contributed by atoms with van der Waals surface area (Å²) < 4.78 is 10.1. The summed E-state index contributed by atoms with van der Waals surface area (Å²) in [6.45, 7) is 4.13. The first-order chi connectivity index (χ1) is 13.3. The summed E-state index contributed by atoms with van der Waals surface area (Å²) in [4.78, 5) is 23.2. The molecule has 1 amide bonds. The molecule has 1 aliphatic heterocycles. The van der Waals surface area contributed by atoms with Crippen molar-refractivity contribution in [2.24, 2.45) is 10.2 Å². The number of carbonyl (C=O) groups is 2. The minimum Gasteiger partial charge on any atom is -0.493 e. The van der Waals surface area contributed by atoms with Crippen molar-refractivity contribution >= 4 is 47.6 Å². The van der Waals surface area contributed by atoms with Gasteiger partial charge in [-0.25, -0.2) is 4.79 Å². The number of carbonyl (C=O) groups excluding carboxylic acids is 2. The van der Waals surface area contributed by atoms with Crippen molar-refractivity contribution in [3.05, 3.63) is 34.2 Å². The van der Waals surface area contributed by atoms with Gasteiger partial charge < -0.3 is 19.5 Å². The van der Waals surface area contributed by atoms with Gasteiger partial charge in [-0.05, 0) is 31.2 Å². The van der Waals surface area contributed by atoms with Crippen molar-refractivity contribution in [2.75, 3.05) is 13.7 Å². The van der Waals surface area contributed by atoms with Gasteiger partial charge in [-0.1, -0.05) is 18.6 Å². The number of nitrogens with zero attached hydrogens (tertiary/aromatic N) is 2. The SMILES string of the molecule is CCCOc1c(C=N/N=C2/NC(=O)/C(=C\C(=O)OC)S2)cc(C)cc1B(O)O. The molecular formula is C17H20BN3O6S. The first kappa shape index (κ1) is 21.7. The van der Waals surface area contributed by atoms with Crippen molar-refractivity contribution in [3.8, 4) is 5.75 Å². The Morgan fingerprint density at radius 1 is 1.39 bits per heavy atom. The zero-order valence-electron chi connectivity index (χ0n) is 15.6. The zero-order valence-corrected chi connectivity index (χ0v) is 16.4. The number of rotatable bonds is 7. The predicted octanol–water partition coefficient (Wildman–Crippen LogP) is 0.0734. The number of methoxy groups -OCH3 is 1. The molecule has 1 aromatic carbocycles. The average molecular weight is 405 g/mol. The number of esters is 1. The summed E-state index contributed by atoms with van der Waals surface area (Å²) >= 11 is 0.952. The molecule has 28 heavy (non-hydrogen) atoms. The third kappa shape index (κ3) is 5.68. The second-order valence-corrected chi connectivity index (χ2v) is 6.76. The van der Waals surface area contributed by atoms with Gasteiger partial charge in [-0.2, -0.15) is 5.10 Å². The molecule has 0 unspecified atom stereocenters. The summed E-state index contributed by atoms with van der Waals surface area (Å²) in [5, 5.41) is 29.8. The second-order valence-electron chi connectivity index (χ2n) is 5.73. The Morgan fingerprint density at radius 3 is 2.79 bits per heavy atom. The smallest absolute Gasteiger partial charge is 0.492 e. The van der Waals surface area contributed by atoms with Crippen LogP contribution in [0.5, 0.6) is 5.75 Å². The topological polar surface area (TPSA) is 130 Å². The first-order valence-corrected chi connectivity index (χ1v) is 9.20. The quantitative estimate of drug-likeness (QED) is 0.193. The van der Waals surface area contributed by atoms with E-state index in [1.54, 1.807) is 19.1 Å². The Hall–Kier alpha value is -2.63. The van der Waals surface area contributed by atoms with Gasteiger partial charge in [-0.15, -0.1) is 5.10 Å². The highest BCUT2D eigenvalue weighted by Crippen LogP contribution is 2.23. The van der Waals surface area contributed by atoms with Crippen molar-refractivity contribution in [1.29, 1.82) is 0 Å². The molecule has 3 N–H and O–H groups in total. The van der Waals surface area contributed by atoms with Crippen molar-refractivity contribution in [1.82, 2.24) is 5.32 Å². The average Bonchev–Trinajstić information content (AvgIpc) is 2.99. The molecule has 0 aromatic heterocycles. The van der Waals surface area contributed by atoms with E-state index in [1.165, 1.54) is 13.3 Å². The second kappa shape index (κ2) is 10.1. The van der Waals surface area contributed by atoms with E-state index in [4.69, 9.17) is 4.74 Å². The van der Waals surface area contributed by atoms with Crippen LogP contribution in [0, 0.1) is 6.92 Å². The van der Waals surface area contributed by atoms with Crippen molar-refractivity contribution in [2.45, 2.75) is 20.3 Å². The fourth-order valence-corrected chi connectivity index (χ4v) is 3.01. The maximum Gasteiger partial charge on any atom is 0.492 e. The highest BCUT2D eigenvalue weighted by Gasteiger charge is 2.25. The van der Waals surface area contributed by atoms with E-state index in [0.29, 0.717) is 17.9 Å². The molecule has 1 aliphatic rings. The van der Waals surface area contributed by atoms with Crippen LogP contribution in [0.15, 0.2) is 33.3 Å². The molecule has 0 saturated carbocycles. The number of hydrogen-bond acceptors (Lipinski definition) is 9. The fraction of sp³-hybridized carbons (Fsp3) is 0.294. The maximum absolute atomic E-state index is 11.8. The Balaban J connectivity index is 2.26. The van der Waals surface area contributed by atoms with Gasteiger partial charge in [0.25, 0.3) is 5.91 Å². The molecule has 1 heterocycles. The van der Waals surface area contributed by atoms with Crippen molar-refractivity contribution in [3.63, 3.8) is 0 Å². The van der Waals surface area contributed by atoms with Gasteiger partial charge in [0, 0.05) is 17.1 Å². The molecule has 0 radical (unpaired) electrons. The normalized spacial score (nSPS) is 16.7. The van der Waals surface area contributed by atoms with E-state index >= 15 is 0 Å². The Bertz CT molecular complexity index is 854. The number of nitrogens with one attached hydrogen (secondary N) is 1. The van der Waals surface area contributed by atoms with Crippen LogP contribution in [0.4, 0.5) is 0 Å². The van der Waals surface area contributed by atoms with Crippen molar-refractivity contribution < 1.29 is 29.1 Å². The minimum absolute atomic E-state index is 0.147. The Labute approximate surface area is 166 Å². The number of amidine groups is 1. The minimum atomic E-state index is -1.69. The molecule has 0 spiro atoms. The van der Waals surface area contributed by atoms with Gasteiger partial charge in [0.1, 0.15) is 5.75 Å². The highest BCUT2D eigenvalue weighted by molar-refractivity contribution is 8.18. The molecule has 1 aromatic rings. The van der Waals surface area contributed by atoms with E-state index in [2.05, 4.69) is 20.3 Å². The summed E-state index contributed by atoms with van der Waals surface area (Å²) in [7, 11) is -0.477. The number of aryl methyl sites for hydroxylation is 1. The van der Waals surface area contributed by atoms with Crippen LogP contribution >= 0.6 is 11.8 Å². The molecule has 9 nitrogen and oxygen atoms in total. The summed E-state index contributed by atoms with van der Waals surface area (Å²) in [5.41, 5.74) is 1.53. The summed E-state index contributed by atoms with van der Waals surface area (Å²) in [5.74, 6) is -0.812. The van der Waals surface area contributed by atoms with Gasteiger partial charge >= 0.3 is 13.1 Å². The molecule has 2 rings (SSSR count). The van der Waals surface area contributed by atoms with Crippen LogP contribution in [-0.2, 0) is 14.3 Å². The standard InChI is InChI=1S/C17H20BN3O6S/c1-4-5-27-15-11(6-10(2)7-12(15)18(24)25)9-19-21-17-20-16(23)13(28-17)8-14(22)26-3/h6-9,24-25H,4-5H2,1-3H3,(H,20,21,23)/b13-8+,19-9?. The van der Waals surface area contributed by atoms with Gasteiger partial charge in [0.15, 0.2) is 5.17 Å². The fourth-order valence-electron chi connectivity index (χ4n) is 2.27. The molecule has 0 bridgehead atoms. The molecule has 148 valence electrons. The van der Waals surface area contributed by atoms with Gasteiger partial charge in [-0.3, -0.25) is 10.1 Å². The number of hydrogen-bond donors (Lipinski definition) is 3. The lowest BCUT2D eigenvalue weighted by Gasteiger charge is -2.14. The molecule has 11 heteroatoms. The summed E-state index contributed by atoms with van der Waals surface area (Å²) in [6, 6.07) is 3.39. The first-order valence-electron chi connectivity index (χ1n) is 8.39. The Morgan fingerprint density at radius 2 is 2.14 bits per heavy atom. The van der Waals surface area contributed by atoms with Gasteiger partial charge in [0.2, 0.25) is 0 Å². The van der Waals surface area contributed by atoms with Gasteiger partial charge in [0.05, 0.1) is 24.8 Å². The van der Waals surface area contributed by atoms with E-state index < -0.39 is 19.0 Å². The van der Waals surface area contributed by atoms with Crippen LogP contribution in [0.2, 0.25) is 0 Å². The summed E-state index contributed by atoms with van der Waals surface area (Å²) in [6.07, 6.45) is 3.20. The van der Waals surface area contributed by atoms with Crippen LogP contribution in [0.3, 0.4) is 0 Å². The number of ether oxygens (including phenoxy) is 2. The van der Waals surface area contributed by atoms with E-state index in [9.17, 15) is 19.6 Å². The molecule has 1 fully saturated rings. The molecule has 0 aliphatic carbocycles. The lowest BCUT2D eigenvalue weighted by Crippen LogP contribution is -2.32. The maximum atomic E-state index is 11.8. The molecule has 1 saturated heterocycles. The zero-order chi connectivity index (χ0) is 20.7. The van der Waals surface area contributed by atoms with Crippen LogP contribution in [-0.4, -0.2) is 54.1 Å². The molecule has 0 atom stereocenters. The monoisotopic (exact) mass is 405 g/mol. The Kier molecular flexibility index (Phi) is 7.79. The largest absolute Gasteiger partial charge is 0.493 e. The van der Waals surface area contributed by atoms with E-state index in [1.807, 2.05) is 6.92 Å². The van der Waals surface area contributed by atoms with E-state index in [0.717, 1.165) is 29.8 Å². The van der Waals surface area contributed by atoms with E-state index in [-0.39, 0.29) is 15.5 Å². The van der Waals surface area contributed by atoms with Crippen LogP contribution in [0.1, 0.15) is 24.5 Å². The third-order valence-electron chi connectivity index (χ3n) is 3.47.